The van der Waals surface area contributed by atoms with Gasteiger partial charge in [-0.15, -0.1) is 11.3 Å². The number of halogens is 1. The molecule has 0 aliphatic carbocycles. The fraction of sp³-hybridized carbons (Fsp3) is 0.231. The molecule has 1 heterocycles. The molecule has 2 rings (SSSR count). The Hall–Kier alpha value is -0.840. The third-order valence-corrected chi connectivity index (χ3v) is 4.01. The van der Waals surface area contributed by atoms with Crippen molar-refractivity contribution in [1.82, 2.24) is 0 Å². The lowest BCUT2D eigenvalue weighted by Crippen LogP contribution is -2.04. The molecule has 2 N–H and O–H groups in total. The lowest BCUT2D eigenvalue weighted by Gasteiger charge is -2.08. The van der Waals surface area contributed by atoms with Crippen molar-refractivity contribution >= 4 is 27.3 Å². The first kappa shape index (κ1) is 12.6. The molecule has 1 aromatic heterocycles. The highest BCUT2D eigenvalue weighted by atomic mass is 79.9. The van der Waals surface area contributed by atoms with E-state index < -0.39 is 0 Å². The Labute approximate surface area is 114 Å². The quantitative estimate of drug-likeness (QED) is 0.922. The standard InChI is InChI=1S/C13H14BrNOS/c1-9(15)10-2-4-11(5-3-10)16-8-12-6-7-13(14)17-12/h2-7,9H,8,15H2,1H3. The van der Waals surface area contributed by atoms with Crippen molar-refractivity contribution in [2.75, 3.05) is 0 Å². The summed E-state index contributed by atoms with van der Waals surface area (Å²) in [5, 5.41) is 0. The Morgan fingerprint density at radius 2 is 1.94 bits per heavy atom. The number of hydrogen-bond donors (Lipinski definition) is 1. The Morgan fingerprint density at radius 3 is 2.47 bits per heavy atom. The summed E-state index contributed by atoms with van der Waals surface area (Å²) >= 11 is 5.12. The molecule has 1 unspecified atom stereocenters. The molecule has 0 radical (unpaired) electrons. The molecule has 0 amide bonds. The van der Waals surface area contributed by atoms with Crippen LogP contribution in [0.3, 0.4) is 0 Å². The maximum absolute atomic E-state index is 5.79. The molecule has 0 saturated heterocycles. The third-order valence-electron chi connectivity index (χ3n) is 2.42. The Bertz CT molecular complexity index is 478. The zero-order chi connectivity index (χ0) is 12.3. The molecular weight excluding hydrogens is 298 g/mol. The van der Waals surface area contributed by atoms with Gasteiger partial charge in [0.15, 0.2) is 0 Å². The average molecular weight is 312 g/mol. The molecule has 2 nitrogen and oxygen atoms in total. The highest BCUT2D eigenvalue weighted by molar-refractivity contribution is 9.11. The lowest BCUT2D eigenvalue weighted by atomic mass is 10.1. The second kappa shape index (κ2) is 5.67. The molecule has 0 bridgehead atoms. The molecule has 0 aliphatic rings. The molecule has 4 heteroatoms. The number of ether oxygens (including phenoxy) is 1. The highest BCUT2D eigenvalue weighted by Crippen LogP contribution is 2.24. The van der Waals surface area contributed by atoms with Crippen LogP contribution in [0.4, 0.5) is 0 Å². The van der Waals surface area contributed by atoms with Gasteiger partial charge in [-0.2, -0.15) is 0 Å². The van der Waals surface area contributed by atoms with E-state index in [2.05, 4.69) is 22.0 Å². The molecule has 0 fully saturated rings. The van der Waals surface area contributed by atoms with Gasteiger partial charge in [0.05, 0.1) is 3.79 Å². The van der Waals surface area contributed by atoms with Gasteiger partial charge in [-0.1, -0.05) is 12.1 Å². The molecule has 2 aromatic rings. The molecule has 0 aliphatic heterocycles. The fourth-order valence-corrected chi connectivity index (χ4v) is 2.85. The Kier molecular flexibility index (Phi) is 4.20. The summed E-state index contributed by atoms with van der Waals surface area (Å²) in [4.78, 5) is 1.20. The van der Waals surface area contributed by atoms with Crippen LogP contribution in [-0.2, 0) is 6.61 Å². The van der Waals surface area contributed by atoms with Gasteiger partial charge in [-0.3, -0.25) is 0 Å². The summed E-state index contributed by atoms with van der Waals surface area (Å²) in [7, 11) is 0. The molecule has 1 atom stereocenters. The molecule has 0 spiro atoms. The molecule has 1 aromatic carbocycles. The van der Waals surface area contributed by atoms with Crippen molar-refractivity contribution in [3.05, 3.63) is 50.6 Å². The summed E-state index contributed by atoms with van der Waals surface area (Å²) < 4.78 is 6.82. The topological polar surface area (TPSA) is 35.2 Å². The fourth-order valence-electron chi connectivity index (χ4n) is 1.45. The summed E-state index contributed by atoms with van der Waals surface area (Å²) in [5.41, 5.74) is 6.91. The normalized spacial score (nSPS) is 12.4. The Balaban J connectivity index is 1.95. The number of nitrogens with two attached hydrogens (primary N) is 1. The Morgan fingerprint density at radius 1 is 1.24 bits per heavy atom. The van der Waals surface area contributed by atoms with E-state index in [9.17, 15) is 0 Å². The van der Waals surface area contributed by atoms with Crippen LogP contribution in [0.1, 0.15) is 23.4 Å². The molecular formula is C13H14BrNOS. The average Bonchev–Trinajstić information content (AvgIpc) is 2.73. The first-order valence-corrected chi connectivity index (χ1v) is 6.98. The minimum Gasteiger partial charge on any atom is -0.488 e. The minimum absolute atomic E-state index is 0.0669. The SMILES string of the molecule is CC(N)c1ccc(OCc2ccc(Br)s2)cc1. The largest absolute Gasteiger partial charge is 0.488 e. The van der Waals surface area contributed by atoms with Crippen molar-refractivity contribution in [3.63, 3.8) is 0 Å². The summed E-state index contributed by atoms with van der Waals surface area (Å²) in [6.45, 7) is 2.58. The van der Waals surface area contributed by atoms with E-state index in [0.717, 1.165) is 15.1 Å². The second-order valence-electron chi connectivity index (χ2n) is 3.85. The van der Waals surface area contributed by atoms with E-state index in [-0.39, 0.29) is 6.04 Å². The van der Waals surface area contributed by atoms with Crippen molar-refractivity contribution < 1.29 is 4.74 Å². The smallest absolute Gasteiger partial charge is 0.122 e. The third kappa shape index (κ3) is 3.56. The van der Waals surface area contributed by atoms with Gasteiger partial charge in [0.1, 0.15) is 12.4 Å². The van der Waals surface area contributed by atoms with Crippen LogP contribution in [0.2, 0.25) is 0 Å². The van der Waals surface area contributed by atoms with Crippen LogP contribution in [0.15, 0.2) is 40.2 Å². The van der Waals surface area contributed by atoms with Crippen LogP contribution in [0.25, 0.3) is 0 Å². The van der Waals surface area contributed by atoms with E-state index in [1.165, 1.54) is 4.88 Å². The van der Waals surface area contributed by atoms with Crippen LogP contribution < -0.4 is 10.5 Å². The van der Waals surface area contributed by atoms with Gasteiger partial charge in [0.25, 0.3) is 0 Å². The lowest BCUT2D eigenvalue weighted by molar-refractivity contribution is 0.309. The number of hydrogen-bond acceptors (Lipinski definition) is 3. The predicted octanol–water partition coefficient (Wildman–Crippen LogP) is 4.11. The first-order chi connectivity index (χ1) is 8.15. The number of benzene rings is 1. The van der Waals surface area contributed by atoms with Gasteiger partial charge in [-0.25, -0.2) is 0 Å². The van der Waals surface area contributed by atoms with Gasteiger partial charge in [-0.05, 0) is 52.7 Å². The van der Waals surface area contributed by atoms with Gasteiger partial charge >= 0.3 is 0 Å². The van der Waals surface area contributed by atoms with Crippen LogP contribution in [-0.4, -0.2) is 0 Å². The van der Waals surface area contributed by atoms with E-state index >= 15 is 0 Å². The predicted molar refractivity (Wildman–Crippen MR) is 75.4 cm³/mol. The second-order valence-corrected chi connectivity index (χ2v) is 6.40. The zero-order valence-electron chi connectivity index (χ0n) is 9.52. The van der Waals surface area contributed by atoms with E-state index in [0.29, 0.717) is 6.61 Å². The first-order valence-electron chi connectivity index (χ1n) is 5.37. The van der Waals surface area contributed by atoms with Gasteiger partial charge in [0, 0.05) is 10.9 Å². The van der Waals surface area contributed by atoms with Crippen LogP contribution >= 0.6 is 27.3 Å². The molecule has 0 saturated carbocycles. The summed E-state index contributed by atoms with van der Waals surface area (Å²) in [6.07, 6.45) is 0. The van der Waals surface area contributed by atoms with Crippen molar-refractivity contribution in [1.29, 1.82) is 0 Å². The highest BCUT2D eigenvalue weighted by Gasteiger charge is 2.01. The van der Waals surface area contributed by atoms with Crippen molar-refractivity contribution in [3.8, 4) is 5.75 Å². The van der Waals surface area contributed by atoms with Crippen LogP contribution in [0.5, 0.6) is 5.75 Å². The monoisotopic (exact) mass is 311 g/mol. The van der Waals surface area contributed by atoms with Crippen molar-refractivity contribution in [2.45, 2.75) is 19.6 Å². The maximum atomic E-state index is 5.79. The van der Waals surface area contributed by atoms with E-state index in [1.54, 1.807) is 11.3 Å². The van der Waals surface area contributed by atoms with Crippen molar-refractivity contribution in [2.24, 2.45) is 5.73 Å². The minimum atomic E-state index is 0.0669. The zero-order valence-corrected chi connectivity index (χ0v) is 11.9. The van der Waals surface area contributed by atoms with Gasteiger partial charge < -0.3 is 10.5 Å². The molecule has 17 heavy (non-hydrogen) atoms. The summed E-state index contributed by atoms with van der Waals surface area (Å²) in [5.74, 6) is 0.874. The number of rotatable bonds is 4. The van der Waals surface area contributed by atoms with E-state index in [4.69, 9.17) is 10.5 Å². The van der Waals surface area contributed by atoms with E-state index in [1.807, 2.05) is 37.3 Å². The summed E-state index contributed by atoms with van der Waals surface area (Å²) in [6, 6.07) is 12.1. The van der Waals surface area contributed by atoms with Crippen LogP contribution in [0, 0.1) is 0 Å². The number of thiophene rings is 1. The van der Waals surface area contributed by atoms with Gasteiger partial charge in [0.2, 0.25) is 0 Å². The maximum Gasteiger partial charge on any atom is 0.122 e. The molecule has 90 valence electrons.